The first kappa shape index (κ1) is 19.7. The quantitative estimate of drug-likeness (QED) is 0.610. The molecule has 1 amide bonds. The number of aromatic nitrogens is 3. The van der Waals surface area contributed by atoms with Crippen molar-refractivity contribution >= 4 is 32.6 Å². The highest BCUT2D eigenvalue weighted by Gasteiger charge is 2.27. The summed E-state index contributed by atoms with van der Waals surface area (Å²) in [7, 11) is 3.20. The molecule has 0 N–H and O–H groups in total. The van der Waals surface area contributed by atoms with Gasteiger partial charge in [0.2, 0.25) is 5.88 Å². The number of morpholine rings is 1. The van der Waals surface area contributed by atoms with Crippen molar-refractivity contribution in [2.45, 2.75) is 0 Å². The van der Waals surface area contributed by atoms with E-state index in [0.717, 1.165) is 13.1 Å². The van der Waals surface area contributed by atoms with Gasteiger partial charge in [0.1, 0.15) is 16.9 Å². The lowest BCUT2D eigenvalue weighted by Gasteiger charge is -2.29. The van der Waals surface area contributed by atoms with Crippen LogP contribution in [0.1, 0.15) is 10.4 Å². The molecule has 0 saturated carbocycles. The van der Waals surface area contributed by atoms with Crippen molar-refractivity contribution in [3.05, 3.63) is 35.8 Å². The SMILES string of the molecule is COc1nn(C)cc1C(=O)N(CCN1CCOCC1)c1nc2c(F)cccc2s1. The molecule has 4 rings (SSSR count). The Balaban J connectivity index is 1.67. The number of rotatable bonds is 6. The standard InChI is InChI=1S/C19H22FN5O3S/c1-23-12-13(17(22-23)27-2)18(26)25(7-6-24-8-10-28-11-9-24)19-21-16-14(20)4-3-5-15(16)29-19/h3-5,12H,6-11H2,1-2H3. The first-order valence-electron chi connectivity index (χ1n) is 9.31. The molecule has 0 aliphatic carbocycles. The molecule has 29 heavy (non-hydrogen) atoms. The Morgan fingerprint density at radius 2 is 2.17 bits per heavy atom. The monoisotopic (exact) mass is 419 g/mol. The van der Waals surface area contributed by atoms with E-state index in [1.165, 1.54) is 29.2 Å². The second-order valence-electron chi connectivity index (χ2n) is 6.72. The van der Waals surface area contributed by atoms with Gasteiger partial charge in [0.05, 0.1) is 25.0 Å². The van der Waals surface area contributed by atoms with Gasteiger partial charge in [-0.2, -0.15) is 0 Å². The number of nitrogens with zero attached hydrogens (tertiary/aromatic N) is 5. The van der Waals surface area contributed by atoms with Gasteiger partial charge in [-0.25, -0.2) is 9.37 Å². The molecule has 1 fully saturated rings. The molecule has 1 aliphatic rings. The number of carbonyl (C=O) groups excluding carboxylic acids is 1. The summed E-state index contributed by atoms with van der Waals surface area (Å²) in [5.41, 5.74) is 0.617. The molecule has 0 spiro atoms. The highest BCUT2D eigenvalue weighted by Crippen LogP contribution is 2.32. The smallest absolute Gasteiger partial charge is 0.267 e. The van der Waals surface area contributed by atoms with E-state index >= 15 is 0 Å². The van der Waals surface area contributed by atoms with E-state index in [2.05, 4.69) is 15.0 Å². The van der Waals surface area contributed by atoms with Gasteiger partial charge >= 0.3 is 0 Å². The fourth-order valence-corrected chi connectivity index (χ4v) is 4.28. The van der Waals surface area contributed by atoms with E-state index in [9.17, 15) is 9.18 Å². The van der Waals surface area contributed by atoms with Crippen LogP contribution in [0.25, 0.3) is 10.2 Å². The third-order valence-electron chi connectivity index (χ3n) is 4.80. The van der Waals surface area contributed by atoms with Crippen LogP contribution in [0.2, 0.25) is 0 Å². The lowest BCUT2D eigenvalue weighted by Crippen LogP contribution is -2.43. The first-order valence-corrected chi connectivity index (χ1v) is 10.1. The fourth-order valence-electron chi connectivity index (χ4n) is 3.28. The fraction of sp³-hybridized carbons (Fsp3) is 0.421. The average molecular weight is 419 g/mol. The molecule has 0 unspecified atom stereocenters. The zero-order chi connectivity index (χ0) is 20.4. The molecule has 0 bridgehead atoms. The zero-order valence-corrected chi connectivity index (χ0v) is 17.1. The predicted molar refractivity (Wildman–Crippen MR) is 108 cm³/mol. The number of ether oxygens (including phenoxy) is 2. The number of hydrogen-bond acceptors (Lipinski definition) is 7. The summed E-state index contributed by atoms with van der Waals surface area (Å²) < 4.78 is 27.1. The van der Waals surface area contributed by atoms with Gasteiger partial charge < -0.3 is 9.47 Å². The Morgan fingerprint density at radius 1 is 1.38 bits per heavy atom. The molecule has 1 saturated heterocycles. The Labute approximate surface area is 171 Å². The number of fused-ring (bicyclic) bond motifs is 1. The maximum atomic E-state index is 14.2. The van der Waals surface area contributed by atoms with Crippen molar-refractivity contribution in [3.63, 3.8) is 0 Å². The molecule has 1 aromatic carbocycles. The van der Waals surface area contributed by atoms with E-state index < -0.39 is 5.82 Å². The lowest BCUT2D eigenvalue weighted by atomic mass is 10.3. The Bertz CT molecular complexity index is 1010. The molecule has 10 heteroatoms. The van der Waals surface area contributed by atoms with Crippen LogP contribution in [0.15, 0.2) is 24.4 Å². The van der Waals surface area contributed by atoms with Crippen LogP contribution in [0.4, 0.5) is 9.52 Å². The Morgan fingerprint density at radius 3 is 2.90 bits per heavy atom. The molecule has 2 aromatic heterocycles. The molecule has 3 aromatic rings. The van der Waals surface area contributed by atoms with Gasteiger partial charge in [-0.15, -0.1) is 5.10 Å². The summed E-state index contributed by atoms with van der Waals surface area (Å²) >= 11 is 1.29. The van der Waals surface area contributed by atoms with Gasteiger partial charge in [0, 0.05) is 39.4 Å². The van der Waals surface area contributed by atoms with Crippen molar-refractivity contribution in [2.24, 2.45) is 7.05 Å². The van der Waals surface area contributed by atoms with Crippen molar-refractivity contribution in [3.8, 4) is 5.88 Å². The van der Waals surface area contributed by atoms with Crippen LogP contribution in [0.5, 0.6) is 5.88 Å². The van der Waals surface area contributed by atoms with Gasteiger partial charge in [-0.1, -0.05) is 17.4 Å². The number of methoxy groups -OCH3 is 1. The highest BCUT2D eigenvalue weighted by molar-refractivity contribution is 7.22. The number of para-hydroxylation sites is 1. The normalized spacial score (nSPS) is 15.0. The van der Waals surface area contributed by atoms with E-state index in [1.807, 2.05) is 0 Å². The Kier molecular flexibility index (Phi) is 5.74. The maximum Gasteiger partial charge on any atom is 0.267 e. The molecule has 3 heterocycles. The first-order chi connectivity index (χ1) is 14.1. The van der Waals surface area contributed by atoms with E-state index in [0.29, 0.717) is 41.7 Å². The van der Waals surface area contributed by atoms with Gasteiger partial charge in [-0.05, 0) is 12.1 Å². The molecule has 1 aliphatic heterocycles. The second kappa shape index (κ2) is 8.44. The summed E-state index contributed by atoms with van der Waals surface area (Å²) in [6.07, 6.45) is 1.62. The summed E-state index contributed by atoms with van der Waals surface area (Å²) in [6, 6.07) is 4.81. The number of amides is 1. The van der Waals surface area contributed by atoms with Gasteiger partial charge in [0.25, 0.3) is 5.91 Å². The van der Waals surface area contributed by atoms with Crippen LogP contribution >= 0.6 is 11.3 Å². The highest BCUT2D eigenvalue weighted by atomic mass is 32.1. The third-order valence-corrected chi connectivity index (χ3v) is 5.84. The van der Waals surface area contributed by atoms with Gasteiger partial charge in [0.15, 0.2) is 5.13 Å². The Hall–Kier alpha value is -2.56. The van der Waals surface area contributed by atoms with Crippen LogP contribution in [-0.2, 0) is 11.8 Å². The number of carbonyl (C=O) groups is 1. The topological polar surface area (TPSA) is 72.7 Å². The van der Waals surface area contributed by atoms with E-state index in [4.69, 9.17) is 9.47 Å². The third kappa shape index (κ3) is 4.09. The molecular formula is C19H22FN5O3S. The number of thiazole rings is 1. The zero-order valence-electron chi connectivity index (χ0n) is 16.3. The largest absolute Gasteiger partial charge is 0.479 e. The van der Waals surface area contributed by atoms with E-state index in [-0.39, 0.29) is 17.3 Å². The van der Waals surface area contributed by atoms with Crippen molar-refractivity contribution in [2.75, 3.05) is 51.4 Å². The molecule has 154 valence electrons. The summed E-state index contributed by atoms with van der Waals surface area (Å²) in [5, 5.41) is 4.63. The maximum absolute atomic E-state index is 14.2. The molecular weight excluding hydrogens is 397 g/mol. The van der Waals surface area contributed by atoms with Crippen LogP contribution in [0, 0.1) is 5.82 Å². The second-order valence-corrected chi connectivity index (χ2v) is 7.73. The minimum atomic E-state index is -0.399. The van der Waals surface area contributed by atoms with Crippen molar-refractivity contribution < 1.29 is 18.7 Å². The molecule has 8 nitrogen and oxygen atoms in total. The molecule has 0 radical (unpaired) electrons. The summed E-state index contributed by atoms with van der Waals surface area (Å²) in [5.74, 6) is -0.423. The van der Waals surface area contributed by atoms with Crippen molar-refractivity contribution in [1.29, 1.82) is 0 Å². The molecule has 0 atom stereocenters. The average Bonchev–Trinajstić information content (AvgIpc) is 3.33. The minimum Gasteiger partial charge on any atom is -0.479 e. The van der Waals surface area contributed by atoms with Crippen LogP contribution in [0.3, 0.4) is 0 Å². The number of anilines is 1. The van der Waals surface area contributed by atoms with E-state index in [1.54, 1.807) is 30.3 Å². The minimum absolute atomic E-state index is 0.251. The van der Waals surface area contributed by atoms with Crippen molar-refractivity contribution in [1.82, 2.24) is 19.7 Å². The van der Waals surface area contributed by atoms with Gasteiger partial charge in [-0.3, -0.25) is 19.3 Å². The number of hydrogen-bond donors (Lipinski definition) is 0. The summed E-state index contributed by atoms with van der Waals surface area (Å²) in [4.78, 5) is 21.6. The van der Waals surface area contributed by atoms with Crippen LogP contribution < -0.4 is 9.64 Å². The summed E-state index contributed by atoms with van der Waals surface area (Å²) in [6.45, 7) is 4.06. The number of aryl methyl sites for hydroxylation is 1. The number of halogens is 1. The number of benzene rings is 1. The van der Waals surface area contributed by atoms with Crippen LogP contribution in [-0.4, -0.2) is 72.1 Å². The predicted octanol–water partition coefficient (Wildman–Crippen LogP) is 2.16. The lowest BCUT2D eigenvalue weighted by molar-refractivity contribution is 0.0391.